The van der Waals surface area contributed by atoms with Crippen LogP contribution in [-0.2, 0) is 34.0 Å². The zero-order valence-electron chi connectivity index (χ0n) is 21.4. The van der Waals surface area contributed by atoms with Gasteiger partial charge >= 0.3 is 12.0 Å². The highest BCUT2D eigenvalue weighted by atomic mass is 19.1. The van der Waals surface area contributed by atoms with Gasteiger partial charge in [-0.3, -0.25) is 14.5 Å². The number of urea groups is 1. The molecule has 9 heteroatoms. The second-order valence-electron chi connectivity index (χ2n) is 11.3. The molecular weight excluding hydrogens is 521 g/mol. The summed E-state index contributed by atoms with van der Waals surface area (Å²) in [7, 11) is 0. The molecule has 5 aliphatic rings. The van der Waals surface area contributed by atoms with Crippen LogP contribution in [0.2, 0.25) is 0 Å². The minimum atomic E-state index is -1.20. The number of amides is 3. The van der Waals surface area contributed by atoms with Crippen molar-refractivity contribution < 1.29 is 32.3 Å². The summed E-state index contributed by atoms with van der Waals surface area (Å²) in [5.74, 6) is -2.67. The van der Waals surface area contributed by atoms with E-state index in [1.165, 1.54) is 53.4 Å². The summed E-state index contributed by atoms with van der Waals surface area (Å²) in [5.41, 5.74) is -0.134. The van der Waals surface area contributed by atoms with E-state index in [-0.39, 0.29) is 49.2 Å². The van der Waals surface area contributed by atoms with Crippen LogP contribution < -0.4 is 0 Å². The molecular formula is C31H25F3N2O4. The molecule has 40 heavy (non-hydrogen) atoms. The number of imide groups is 1. The Morgan fingerprint density at radius 2 is 1.32 bits per heavy atom. The summed E-state index contributed by atoms with van der Waals surface area (Å²) >= 11 is 0. The molecule has 4 aliphatic carbocycles. The lowest BCUT2D eigenvalue weighted by molar-refractivity contribution is -0.152. The third-order valence-corrected chi connectivity index (χ3v) is 9.40. The van der Waals surface area contributed by atoms with Crippen LogP contribution >= 0.6 is 0 Å². The van der Waals surface area contributed by atoms with Crippen molar-refractivity contribution in [1.29, 1.82) is 0 Å². The first-order valence-corrected chi connectivity index (χ1v) is 13.3. The molecule has 0 unspecified atom stereocenters. The van der Waals surface area contributed by atoms with Gasteiger partial charge in [-0.1, -0.05) is 36.4 Å². The molecule has 3 amide bonds. The van der Waals surface area contributed by atoms with Crippen LogP contribution in [-0.4, -0.2) is 33.2 Å². The molecule has 6 nitrogen and oxygen atoms in total. The molecule has 1 spiro atoms. The van der Waals surface area contributed by atoms with Gasteiger partial charge < -0.3 is 9.64 Å². The maximum Gasteiger partial charge on any atom is 0.328 e. The lowest BCUT2D eigenvalue weighted by atomic mass is 9.86. The van der Waals surface area contributed by atoms with Gasteiger partial charge in [-0.25, -0.2) is 18.0 Å². The van der Waals surface area contributed by atoms with Gasteiger partial charge in [-0.05, 0) is 77.8 Å². The number of esters is 1. The smallest absolute Gasteiger partial charge is 0.328 e. The summed E-state index contributed by atoms with van der Waals surface area (Å²) in [6, 6.07) is 16.6. The third-order valence-electron chi connectivity index (χ3n) is 9.40. The molecule has 4 bridgehead atoms. The molecule has 4 saturated carbocycles. The Hall–Kier alpha value is -4.14. The number of benzene rings is 3. The Kier molecular flexibility index (Phi) is 5.40. The van der Waals surface area contributed by atoms with Gasteiger partial charge in [0.2, 0.25) is 0 Å². The number of halogens is 3. The van der Waals surface area contributed by atoms with Gasteiger partial charge in [-0.15, -0.1) is 0 Å². The highest BCUT2D eigenvalue weighted by Crippen LogP contribution is 2.85. The molecule has 0 aromatic heterocycles. The van der Waals surface area contributed by atoms with Gasteiger partial charge in [0.1, 0.15) is 29.6 Å². The zero-order chi connectivity index (χ0) is 27.8. The normalized spacial score (nSPS) is 29.5. The summed E-state index contributed by atoms with van der Waals surface area (Å²) in [4.78, 5) is 44.4. The predicted octanol–water partition coefficient (Wildman–Crippen LogP) is 5.21. The van der Waals surface area contributed by atoms with Crippen molar-refractivity contribution in [2.75, 3.05) is 0 Å². The van der Waals surface area contributed by atoms with Crippen molar-refractivity contribution in [2.24, 2.45) is 23.2 Å². The van der Waals surface area contributed by atoms with Crippen molar-refractivity contribution in [3.63, 3.8) is 0 Å². The van der Waals surface area contributed by atoms with Crippen molar-refractivity contribution >= 4 is 17.9 Å². The van der Waals surface area contributed by atoms with Crippen LogP contribution in [0, 0.1) is 40.6 Å². The molecule has 3 aromatic carbocycles. The summed E-state index contributed by atoms with van der Waals surface area (Å²) in [6.07, 6.45) is 1.06. The highest BCUT2D eigenvalue weighted by Gasteiger charge is 2.92. The fourth-order valence-corrected chi connectivity index (χ4v) is 7.76. The van der Waals surface area contributed by atoms with E-state index in [1.54, 1.807) is 29.2 Å². The van der Waals surface area contributed by atoms with Crippen molar-refractivity contribution in [1.82, 2.24) is 9.80 Å². The number of hydrogen-bond donors (Lipinski definition) is 0. The summed E-state index contributed by atoms with van der Waals surface area (Å²) in [6.45, 7) is 0.0533. The van der Waals surface area contributed by atoms with Crippen LogP contribution in [0.1, 0.15) is 29.5 Å². The Labute approximate surface area is 228 Å². The average Bonchev–Trinajstić information content (AvgIpc) is 3.26. The van der Waals surface area contributed by atoms with E-state index in [2.05, 4.69) is 0 Å². The first kappa shape index (κ1) is 24.9. The lowest BCUT2D eigenvalue weighted by Gasteiger charge is -2.35. The molecule has 5 fully saturated rings. The molecule has 3 aromatic rings. The first-order valence-electron chi connectivity index (χ1n) is 13.3. The van der Waals surface area contributed by atoms with Crippen LogP contribution in [0.25, 0.3) is 0 Å². The lowest BCUT2D eigenvalue weighted by Crippen LogP contribution is -2.53. The van der Waals surface area contributed by atoms with Crippen molar-refractivity contribution in [3.05, 3.63) is 107 Å². The van der Waals surface area contributed by atoms with Crippen molar-refractivity contribution in [2.45, 2.75) is 38.1 Å². The largest absolute Gasteiger partial charge is 0.460 e. The number of hydrogen-bond acceptors (Lipinski definition) is 4. The summed E-state index contributed by atoms with van der Waals surface area (Å²) < 4.78 is 46.1. The standard InChI is InChI=1S/C31H25F3N2O4/c32-22-7-1-18(2-8-22)15-35-27(37)31(36(29(35)39)16-19-3-9-23(33)10-4-19)21-13-25-26(31)30(25,14-21)28(38)40-17-20-5-11-24(34)12-6-20/h1-12,21,25-26H,13-17H2/t21-,25-,26+,30-,31+/m1/s1. The minimum Gasteiger partial charge on any atom is -0.460 e. The fraction of sp³-hybridized carbons (Fsp3) is 0.323. The molecule has 0 radical (unpaired) electrons. The Morgan fingerprint density at radius 1 is 0.800 bits per heavy atom. The summed E-state index contributed by atoms with van der Waals surface area (Å²) in [5, 5.41) is 0. The second-order valence-corrected chi connectivity index (χ2v) is 11.3. The Morgan fingerprint density at radius 3 is 1.88 bits per heavy atom. The molecule has 1 heterocycles. The maximum absolute atomic E-state index is 14.3. The molecule has 1 aliphatic heterocycles. The van der Waals surface area contributed by atoms with E-state index in [0.717, 1.165) is 0 Å². The first-order chi connectivity index (χ1) is 19.2. The van der Waals surface area contributed by atoms with Gasteiger partial charge in [0.15, 0.2) is 0 Å². The SMILES string of the molecule is O=C1N(Cc2ccc(F)cc2)C(=O)[C@@]2([C@@H]3C[C@@H]4[C@H]2[C@@]4(C(=O)OCc2ccc(F)cc2)C3)N1Cc1ccc(F)cc1. The van der Waals surface area contributed by atoms with E-state index < -0.39 is 34.6 Å². The number of carbonyl (C=O) groups excluding carboxylic acids is 3. The predicted molar refractivity (Wildman–Crippen MR) is 135 cm³/mol. The Bertz CT molecular complexity index is 1530. The monoisotopic (exact) mass is 546 g/mol. The maximum atomic E-state index is 14.3. The Balaban J connectivity index is 1.20. The van der Waals surface area contributed by atoms with Gasteiger partial charge in [0.05, 0.1) is 12.0 Å². The quantitative estimate of drug-likeness (QED) is 0.302. The molecule has 5 atom stereocenters. The number of nitrogens with zero attached hydrogens (tertiary/aromatic N) is 2. The molecule has 204 valence electrons. The number of ether oxygens (including phenoxy) is 1. The van der Waals surface area contributed by atoms with Gasteiger partial charge in [-0.2, -0.15) is 0 Å². The molecule has 0 N–H and O–H groups in total. The van der Waals surface area contributed by atoms with Gasteiger partial charge in [0.25, 0.3) is 5.91 Å². The van der Waals surface area contributed by atoms with E-state index in [0.29, 0.717) is 29.5 Å². The number of carbonyl (C=O) groups is 3. The van der Waals surface area contributed by atoms with E-state index in [4.69, 9.17) is 4.74 Å². The van der Waals surface area contributed by atoms with E-state index >= 15 is 0 Å². The van der Waals surface area contributed by atoms with Crippen molar-refractivity contribution in [3.8, 4) is 0 Å². The zero-order valence-corrected chi connectivity index (χ0v) is 21.4. The highest BCUT2D eigenvalue weighted by molar-refractivity contribution is 6.10. The van der Waals surface area contributed by atoms with Crippen LogP contribution in [0.15, 0.2) is 72.8 Å². The van der Waals surface area contributed by atoms with Crippen LogP contribution in [0.4, 0.5) is 18.0 Å². The molecule has 1 saturated heterocycles. The van der Waals surface area contributed by atoms with Gasteiger partial charge in [0, 0.05) is 12.5 Å². The average molecular weight is 547 g/mol. The second kappa shape index (κ2) is 8.68. The third kappa shape index (κ3) is 3.39. The topological polar surface area (TPSA) is 66.9 Å². The van der Waals surface area contributed by atoms with Crippen LogP contribution in [0.3, 0.4) is 0 Å². The fourth-order valence-electron chi connectivity index (χ4n) is 7.76. The van der Waals surface area contributed by atoms with Crippen LogP contribution in [0.5, 0.6) is 0 Å². The number of rotatable bonds is 7. The van der Waals surface area contributed by atoms with E-state index in [1.807, 2.05) is 0 Å². The minimum absolute atomic E-state index is 0.0131. The van der Waals surface area contributed by atoms with E-state index in [9.17, 15) is 27.6 Å². The molecule has 8 rings (SSSR count).